The van der Waals surface area contributed by atoms with Crippen molar-refractivity contribution in [1.29, 1.82) is 0 Å². The number of nitrogens with two attached hydrogens (primary N) is 1. The van der Waals surface area contributed by atoms with Crippen molar-refractivity contribution in [2.75, 3.05) is 29.5 Å². The number of aromatic nitrogens is 2. The first-order chi connectivity index (χ1) is 13.0. The maximum atomic E-state index is 12.4. The van der Waals surface area contributed by atoms with Gasteiger partial charge in [-0.05, 0) is 31.0 Å². The topological polar surface area (TPSA) is 126 Å². The minimum Gasteiger partial charge on any atom is -0.395 e. The number of amides is 1. The second-order valence-electron chi connectivity index (χ2n) is 6.29. The molecule has 0 saturated carbocycles. The first kappa shape index (κ1) is 19.1. The standard InChI is InChI=1S/C18H22N6O2S/c1-18(5-8-27-17(19)24-18)12-3-2-4-13(9-12)23-16(26)14-10-22-15(11-21-14)20-6-7-25/h2-4,9-11,25H,5-8H2,1H3,(H2,19,24)(H,20,22)(H,23,26). The summed E-state index contributed by atoms with van der Waals surface area (Å²) < 4.78 is 0. The van der Waals surface area contributed by atoms with E-state index in [2.05, 4.69) is 25.6 Å². The van der Waals surface area contributed by atoms with Gasteiger partial charge in [0, 0.05) is 18.0 Å². The first-order valence-corrected chi connectivity index (χ1v) is 9.55. The number of aliphatic imine (C=N–C) groups is 1. The Morgan fingerprint density at radius 1 is 1.37 bits per heavy atom. The predicted molar refractivity (Wildman–Crippen MR) is 108 cm³/mol. The second kappa shape index (κ2) is 8.36. The van der Waals surface area contributed by atoms with Crippen molar-refractivity contribution in [1.82, 2.24) is 9.97 Å². The minimum atomic E-state index is -0.393. The van der Waals surface area contributed by atoms with Crippen molar-refractivity contribution in [3.8, 4) is 0 Å². The number of carbonyl (C=O) groups is 1. The van der Waals surface area contributed by atoms with Crippen LogP contribution in [0.4, 0.5) is 11.5 Å². The average Bonchev–Trinajstić information content (AvgIpc) is 2.67. The number of rotatable bonds is 6. The van der Waals surface area contributed by atoms with Crippen LogP contribution >= 0.6 is 11.8 Å². The SMILES string of the molecule is CC1(c2cccc(NC(=O)c3cnc(NCCO)cn3)c2)CCSC(N)=N1. The number of nitrogens with one attached hydrogen (secondary N) is 2. The number of hydrogen-bond acceptors (Lipinski definition) is 8. The molecule has 2 aromatic rings. The molecule has 0 fully saturated rings. The summed E-state index contributed by atoms with van der Waals surface area (Å²) in [5.41, 5.74) is 7.37. The van der Waals surface area contributed by atoms with Crippen molar-refractivity contribution in [2.45, 2.75) is 18.9 Å². The molecule has 1 aromatic heterocycles. The number of aliphatic hydroxyl groups is 1. The number of aliphatic hydroxyl groups excluding tert-OH is 1. The summed E-state index contributed by atoms with van der Waals surface area (Å²) in [6.07, 6.45) is 3.73. The summed E-state index contributed by atoms with van der Waals surface area (Å²) in [6.45, 7) is 2.41. The summed E-state index contributed by atoms with van der Waals surface area (Å²) in [4.78, 5) is 25.2. The van der Waals surface area contributed by atoms with Crippen LogP contribution in [-0.4, -0.2) is 45.1 Å². The number of thioether (sulfide) groups is 1. The number of anilines is 2. The first-order valence-electron chi connectivity index (χ1n) is 8.57. The smallest absolute Gasteiger partial charge is 0.275 e. The molecule has 1 atom stereocenters. The lowest BCUT2D eigenvalue weighted by Crippen LogP contribution is -2.28. The predicted octanol–water partition coefficient (Wildman–Crippen LogP) is 1.80. The van der Waals surface area contributed by atoms with Crippen LogP contribution in [0.5, 0.6) is 0 Å². The Morgan fingerprint density at radius 2 is 2.22 bits per heavy atom. The fraction of sp³-hybridized carbons (Fsp3) is 0.333. The molecule has 8 nitrogen and oxygen atoms in total. The Labute approximate surface area is 161 Å². The molecule has 0 aliphatic carbocycles. The molecule has 1 aliphatic rings. The fourth-order valence-electron chi connectivity index (χ4n) is 2.74. The van der Waals surface area contributed by atoms with Gasteiger partial charge in [-0.25, -0.2) is 9.97 Å². The molecule has 1 aromatic carbocycles. The zero-order chi connectivity index (χ0) is 19.3. The Kier molecular flexibility index (Phi) is 5.92. The van der Waals surface area contributed by atoms with Crippen LogP contribution in [0.1, 0.15) is 29.4 Å². The number of amidine groups is 1. The zero-order valence-corrected chi connectivity index (χ0v) is 15.8. The van der Waals surface area contributed by atoms with E-state index in [4.69, 9.17) is 10.8 Å². The molecule has 27 heavy (non-hydrogen) atoms. The van der Waals surface area contributed by atoms with Gasteiger partial charge >= 0.3 is 0 Å². The van der Waals surface area contributed by atoms with Crippen LogP contribution in [0.2, 0.25) is 0 Å². The highest BCUT2D eigenvalue weighted by Gasteiger charge is 2.29. The van der Waals surface area contributed by atoms with E-state index in [1.54, 1.807) is 11.8 Å². The van der Waals surface area contributed by atoms with E-state index in [0.29, 0.717) is 23.2 Å². The van der Waals surface area contributed by atoms with E-state index < -0.39 is 5.54 Å². The van der Waals surface area contributed by atoms with Gasteiger partial charge in [-0.2, -0.15) is 0 Å². The van der Waals surface area contributed by atoms with Gasteiger partial charge in [0.25, 0.3) is 5.91 Å². The lowest BCUT2D eigenvalue weighted by molar-refractivity contribution is 0.102. The Hall–Kier alpha value is -2.65. The molecule has 2 heterocycles. The highest BCUT2D eigenvalue weighted by Crippen LogP contribution is 2.35. The molecule has 0 spiro atoms. The van der Waals surface area contributed by atoms with Crippen LogP contribution in [0.25, 0.3) is 0 Å². The van der Waals surface area contributed by atoms with E-state index in [9.17, 15) is 4.79 Å². The molecule has 3 rings (SSSR count). The number of hydrogen-bond donors (Lipinski definition) is 4. The van der Waals surface area contributed by atoms with Crippen molar-refractivity contribution in [3.05, 3.63) is 47.9 Å². The Bertz CT molecular complexity index is 842. The molecule has 0 radical (unpaired) electrons. The highest BCUT2D eigenvalue weighted by molar-refractivity contribution is 8.13. The van der Waals surface area contributed by atoms with E-state index in [-0.39, 0.29) is 18.2 Å². The van der Waals surface area contributed by atoms with Gasteiger partial charge in [-0.15, -0.1) is 0 Å². The number of benzene rings is 1. The summed E-state index contributed by atoms with van der Waals surface area (Å²) in [5.74, 6) is 1.07. The van der Waals surface area contributed by atoms with Crippen LogP contribution in [0.3, 0.4) is 0 Å². The molecule has 1 amide bonds. The van der Waals surface area contributed by atoms with Crippen molar-refractivity contribution in [2.24, 2.45) is 10.7 Å². The highest BCUT2D eigenvalue weighted by atomic mass is 32.2. The zero-order valence-electron chi connectivity index (χ0n) is 15.0. The summed E-state index contributed by atoms with van der Waals surface area (Å²) in [7, 11) is 0. The number of nitrogens with zero attached hydrogens (tertiary/aromatic N) is 3. The number of carbonyl (C=O) groups excluding carboxylic acids is 1. The third-order valence-corrected chi connectivity index (χ3v) is 5.04. The summed E-state index contributed by atoms with van der Waals surface area (Å²) >= 11 is 1.56. The molecule has 1 aliphatic heterocycles. The summed E-state index contributed by atoms with van der Waals surface area (Å²) in [5, 5.41) is 15.1. The Balaban J connectivity index is 1.72. The average molecular weight is 386 g/mol. The van der Waals surface area contributed by atoms with Gasteiger partial charge in [0.1, 0.15) is 11.5 Å². The quantitative estimate of drug-likeness (QED) is 0.596. The van der Waals surface area contributed by atoms with Crippen LogP contribution in [0.15, 0.2) is 41.7 Å². The van der Waals surface area contributed by atoms with Crippen molar-refractivity contribution < 1.29 is 9.90 Å². The maximum absolute atomic E-state index is 12.4. The molecule has 1 unspecified atom stereocenters. The minimum absolute atomic E-state index is 0.00639. The van der Waals surface area contributed by atoms with Gasteiger partial charge < -0.3 is 21.5 Å². The lowest BCUT2D eigenvalue weighted by atomic mass is 9.89. The molecule has 9 heteroatoms. The van der Waals surface area contributed by atoms with Crippen LogP contribution in [-0.2, 0) is 5.54 Å². The third-order valence-electron chi connectivity index (χ3n) is 4.24. The van der Waals surface area contributed by atoms with Crippen LogP contribution < -0.4 is 16.4 Å². The van der Waals surface area contributed by atoms with Gasteiger partial charge in [0.2, 0.25) is 0 Å². The monoisotopic (exact) mass is 386 g/mol. The van der Waals surface area contributed by atoms with E-state index in [1.165, 1.54) is 12.4 Å². The molecule has 0 saturated heterocycles. The molecular weight excluding hydrogens is 364 g/mol. The van der Waals surface area contributed by atoms with E-state index in [1.807, 2.05) is 31.2 Å². The second-order valence-corrected chi connectivity index (χ2v) is 7.41. The van der Waals surface area contributed by atoms with Crippen molar-refractivity contribution in [3.63, 3.8) is 0 Å². The molecule has 142 valence electrons. The lowest BCUT2D eigenvalue weighted by Gasteiger charge is -2.30. The molecule has 0 bridgehead atoms. The Morgan fingerprint density at radius 3 is 2.93 bits per heavy atom. The van der Waals surface area contributed by atoms with E-state index >= 15 is 0 Å². The van der Waals surface area contributed by atoms with Gasteiger partial charge in [-0.3, -0.25) is 9.79 Å². The molecule has 5 N–H and O–H groups in total. The van der Waals surface area contributed by atoms with Crippen LogP contribution in [0, 0.1) is 0 Å². The largest absolute Gasteiger partial charge is 0.395 e. The summed E-state index contributed by atoms with van der Waals surface area (Å²) in [6, 6.07) is 7.61. The molecular formula is C18H22N6O2S. The van der Waals surface area contributed by atoms with Gasteiger partial charge in [0.05, 0.1) is 24.5 Å². The maximum Gasteiger partial charge on any atom is 0.275 e. The van der Waals surface area contributed by atoms with E-state index in [0.717, 1.165) is 17.7 Å². The van der Waals surface area contributed by atoms with Crippen molar-refractivity contribution >= 4 is 34.3 Å². The normalized spacial score (nSPS) is 19.3. The fourth-order valence-corrected chi connectivity index (χ4v) is 3.72. The van der Waals surface area contributed by atoms with Gasteiger partial charge in [0.15, 0.2) is 5.17 Å². The van der Waals surface area contributed by atoms with Gasteiger partial charge in [-0.1, -0.05) is 23.9 Å². The third kappa shape index (κ3) is 4.75.